The van der Waals surface area contributed by atoms with Crippen molar-refractivity contribution < 1.29 is 36.9 Å². The van der Waals surface area contributed by atoms with Crippen LogP contribution in [0.3, 0.4) is 0 Å². The molecule has 3 fully saturated rings. The van der Waals surface area contributed by atoms with Gasteiger partial charge in [0.25, 0.3) is 5.91 Å². The Morgan fingerprint density at radius 2 is 1.95 bits per heavy atom. The molecule has 4 aliphatic rings. The Bertz CT molecular complexity index is 1390. The molecule has 0 saturated heterocycles. The summed E-state index contributed by atoms with van der Waals surface area (Å²) in [4.78, 5) is 12.9. The van der Waals surface area contributed by atoms with Gasteiger partial charge in [-0.05, 0) is 55.2 Å². The molecular weight excluding hydrogens is 518 g/mol. The SMILES string of the molecule is O=C(NC12CC(n3cc(-c4ccc(OC(F)(F)F)c(F)c4)cn3)(C1)C2)[C@@H]1C[C@@H](O)c2cc(Cl)ccc2O1. The molecule has 7 nitrogen and oxygen atoms in total. The second-order valence-corrected chi connectivity index (χ2v) is 10.4. The fraction of sp³-hybridized carbons (Fsp3) is 0.360. The third kappa shape index (κ3) is 4.19. The molecule has 1 amide bonds. The first-order chi connectivity index (χ1) is 17.4. The summed E-state index contributed by atoms with van der Waals surface area (Å²) in [5, 5.41) is 18.4. The highest BCUT2D eigenvalue weighted by atomic mass is 35.5. The van der Waals surface area contributed by atoms with Gasteiger partial charge in [-0.15, -0.1) is 13.2 Å². The summed E-state index contributed by atoms with van der Waals surface area (Å²) in [5.41, 5.74) is 0.782. The van der Waals surface area contributed by atoms with E-state index >= 15 is 0 Å². The molecule has 1 aromatic heterocycles. The maximum Gasteiger partial charge on any atom is 0.573 e. The van der Waals surface area contributed by atoms with E-state index in [9.17, 15) is 27.5 Å². The van der Waals surface area contributed by atoms with Crippen molar-refractivity contribution in [2.24, 2.45) is 0 Å². The summed E-state index contributed by atoms with van der Waals surface area (Å²) in [6, 6.07) is 8.12. The number of aromatic nitrogens is 2. The van der Waals surface area contributed by atoms with Gasteiger partial charge in [-0.2, -0.15) is 5.10 Å². The molecule has 2 atom stereocenters. The quantitative estimate of drug-likeness (QED) is 0.454. The molecule has 12 heteroatoms. The van der Waals surface area contributed by atoms with Crippen LogP contribution < -0.4 is 14.8 Å². The van der Waals surface area contributed by atoms with Crippen molar-refractivity contribution in [2.75, 3.05) is 0 Å². The molecule has 0 radical (unpaired) electrons. The van der Waals surface area contributed by atoms with Crippen molar-refractivity contribution in [1.82, 2.24) is 15.1 Å². The molecule has 37 heavy (non-hydrogen) atoms. The summed E-state index contributed by atoms with van der Waals surface area (Å²) in [5.74, 6) is -1.90. The standard InChI is InChI=1S/C25H20ClF4N3O4/c26-15-2-4-19-16(6-15)18(34)7-21(36-19)22(35)32-23-10-24(11-23,12-23)33-9-14(8-31-33)13-1-3-20(17(27)5-13)37-25(28,29)30/h1-6,8-9,18,21,34H,7,10-12H2,(H,32,35)/t18-,21+,23?,24?/m1/s1. The molecule has 3 aromatic rings. The van der Waals surface area contributed by atoms with Gasteiger partial charge in [-0.1, -0.05) is 17.7 Å². The Morgan fingerprint density at radius 1 is 1.19 bits per heavy atom. The van der Waals surface area contributed by atoms with Gasteiger partial charge < -0.3 is 19.9 Å². The van der Waals surface area contributed by atoms with E-state index in [0.29, 0.717) is 46.7 Å². The topological polar surface area (TPSA) is 85.6 Å². The van der Waals surface area contributed by atoms with Crippen molar-refractivity contribution in [3.05, 3.63) is 65.2 Å². The van der Waals surface area contributed by atoms with Crippen LogP contribution in [-0.4, -0.2) is 38.8 Å². The zero-order valence-corrected chi connectivity index (χ0v) is 19.8. The minimum atomic E-state index is -4.98. The molecule has 1 aliphatic heterocycles. The second-order valence-electron chi connectivity index (χ2n) is 9.93. The lowest BCUT2D eigenvalue weighted by Gasteiger charge is -2.70. The number of hydrogen-bond donors (Lipinski definition) is 2. The van der Waals surface area contributed by atoms with Gasteiger partial charge >= 0.3 is 6.36 Å². The predicted octanol–water partition coefficient (Wildman–Crippen LogP) is 4.87. The van der Waals surface area contributed by atoms with E-state index < -0.39 is 30.1 Å². The number of ether oxygens (including phenoxy) is 2. The second kappa shape index (κ2) is 8.09. The van der Waals surface area contributed by atoms with E-state index in [-0.39, 0.29) is 23.4 Å². The largest absolute Gasteiger partial charge is 0.573 e. The maximum absolute atomic E-state index is 14.1. The number of benzene rings is 2. The van der Waals surface area contributed by atoms with Crippen LogP contribution in [-0.2, 0) is 10.3 Å². The smallest absolute Gasteiger partial charge is 0.480 e. The third-order valence-electron chi connectivity index (χ3n) is 7.28. The van der Waals surface area contributed by atoms with Crippen molar-refractivity contribution in [3.8, 4) is 22.6 Å². The van der Waals surface area contributed by atoms with Crippen LogP contribution in [0, 0.1) is 5.82 Å². The zero-order chi connectivity index (χ0) is 26.2. The Hall–Kier alpha value is -3.31. The van der Waals surface area contributed by atoms with Gasteiger partial charge in [-0.3, -0.25) is 9.48 Å². The average Bonchev–Trinajstić information content (AvgIpc) is 3.26. The van der Waals surface area contributed by atoms with Crippen molar-refractivity contribution in [1.29, 1.82) is 0 Å². The number of halogens is 5. The number of carbonyl (C=O) groups excluding carboxylic acids is 1. The highest BCUT2D eigenvalue weighted by Gasteiger charge is 2.70. The van der Waals surface area contributed by atoms with Gasteiger partial charge in [0.05, 0.1) is 17.8 Å². The number of alkyl halides is 3. The normalized spacial score (nSPS) is 27.8. The lowest BCUT2D eigenvalue weighted by atomic mass is 9.44. The predicted molar refractivity (Wildman–Crippen MR) is 122 cm³/mol. The highest BCUT2D eigenvalue weighted by Crippen LogP contribution is 2.65. The first-order valence-corrected chi connectivity index (χ1v) is 11.9. The molecule has 3 saturated carbocycles. The minimum absolute atomic E-state index is 0.117. The fourth-order valence-electron chi connectivity index (χ4n) is 5.65. The summed E-state index contributed by atoms with van der Waals surface area (Å²) in [7, 11) is 0. The number of aliphatic hydroxyl groups excluding tert-OH is 1. The molecule has 2 bridgehead atoms. The third-order valence-corrected chi connectivity index (χ3v) is 7.52. The number of fused-ring (bicyclic) bond motifs is 1. The van der Waals surface area contributed by atoms with E-state index in [4.69, 9.17) is 16.3 Å². The Labute approximate surface area is 212 Å². The molecule has 0 spiro atoms. The first kappa shape index (κ1) is 24.1. The number of rotatable bonds is 5. The monoisotopic (exact) mass is 537 g/mol. The first-order valence-electron chi connectivity index (χ1n) is 11.5. The number of hydrogen-bond acceptors (Lipinski definition) is 5. The van der Waals surface area contributed by atoms with Crippen LogP contribution in [0.2, 0.25) is 5.02 Å². The van der Waals surface area contributed by atoms with Crippen LogP contribution in [0.5, 0.6) is 11.5 Å². The van der Waals surface area contributed by atoms with E-state index in [0.717, 1.165) is 12.1 Å². The molecular formula is C25H20ClF4N3O4. The van der Waals surface area contributed by atoms with Gasteiger partial charge in [0.2, 0.25) is 0 Å². The highest BCUT2D eigenvalue weighted by molar-refractivity contribution is 6.30. The van der Waals surface area contributed by atoms with Crippen molar-refractivity contribution >= 4 is 17.5 Å². The van der Waals surface area contributed by atoms with E-state index in [1.54, 1.807) is 29.1 Å². The number of amides is 1. The van der Waals surface area contributed by atoms with E-state index in [2.05, 4.69) is 15.2 Å². The van der Waals surface area contributed by atoms with Gasteiger partial charge in [0.15, 0.2) is 17.7 Å². The molecule has 2 N–H and O–H groups in total. The molecule has 194 valence electrons. The molecule has 2 heterocycles. The van der Waals surface area contributed by atoms with Crippen molar-refractivity contribution in [3.63, 3.8) is 0 Å². The minimum Gasteiger partial charge on any atom is -0.480 e. The van der Waals surface area contributed by atoms with E-state index in [1.165, 1.54) is 12.3 Å². The zero-order valence-electron chi connectivity index (χ0n) is 19.1. The Kier molecular flexibility index (Phi) is 5.26. The van der Waals surface area contributed by atoms with Crippen LogP contribution in [0.1, 0.15) is 37.4 Å². The van der Waals surface area contributed by atoms with Gasteiger partial charge in [0, 0.05) is 34.3 Å². The summed E-state index contributed by atoms with van der Waals surface area (Å²) in [6.07, 6.45) is -1.40. The van der Waals surface area contributed by atoms with Crippen LogP contribution in [0.15, 0.2) is 48.8 Å². The van der Waals surface area contributed by atoms with E-state index in [1.807, 2.05) is 0 Å². The summed E-state index contributed by atoms with van der Waals surface area (Å²) in [6.45, 7) is 0. The summed E-state index contributed by atoms with van der Waals surface area (Å²) < 4.78 is 62.5. The molecule has 0 unspecified atom stereocenters. The number of nitrogens with zero attached hydrogens (tertiary/aromatic N) is 2. The van der Waals surface area contributed by atoms with Crippen LogP contribution >= 0.6 is 11.6 Å². The number of nitrogens with one attached hydrogen (secondary N) is 1. The number of carbonyl (C=O) groups is 1. The lowest BCUT2D eigenvalue weighted by Crippen LogP contribution is -2.79. The maximum atomic E-state index is 14.1. The van der Waals surface area contributed by atoms with Crippen molar-refractivity contribution in [2.45, 2.75) is 55.3 Å². The fourth-order valence-corrected chi connectivity index (χ4v) is 5.83. The molecule has 2 aromatic carbocycles. The molecule has 3 aliphatic carbocycles. The summed E-state index contributed by atoms with van der Waals surface area (Å²) >= 11 is 5.98. The van der Waals surface area contributed by atoms with Gasteiger partial charge in [0.1, 0.15) is 5.75 Å². The Morgan fingerprint density at radius 3 is 2.65 bits per heavy atom. The number of aliphatic hydroxyl groups is 1. The lowest BCUT2D eigenvalue weighted by molar-refractivity contribution is -0.275. The van der Waals surface area contributed by atoms with Crippen LogP contribution in [0.4, 0.5) is 17.6 Å². The Balaban J connectivity index is 1.09. The average molecular weight is 538 g/mol. The molecule has 7 rings (SSSR count). The van der Waals surface area contributed by atoms with Crippen LogP contribution in [0.25, 0.3) is 11.1 Å². The van der Waals surface area contributed by atoms with Gasteiger partial charge in [-0.25, -0.2) is 4.39 Å².